The van der Waals surface area contributed by atoms with Crippen molar-refractivity contribution in [1.82, 2.24) is 35.1 Å². The summed E-state index contributed by atoms with van der Waals surface area (Å²) in [4.78, 5) is 22.4. The number of carbonyl (C=O) groups is 1. The third-order valence-corrected chi connectivity index (χ3v) is 8.15. The number of piperazine rings is 1. The van der Waals surface area contributed by atoms with E-state index in [4.69, 9.17) is 4.98 Å². The van der Waals surface area contributed by atoms with Crippen molar-refractivity contribution in [3.63, 3.8) is 0 Å². The Balaban J connectivity index is 1.24. The van der Waals surface area contributed by atoms with Crippen LogP contribution in [0.4, 0.5) is 5.69 Å². The van der Waals surface area contributed by atoms with Crippen LogP contribution in [0.2, 0.25) is 0 Å². The molecule has 0 amide bonds. The van der Waals surface area contributed by atoms with Gasteiger partial charge in [-0.1, -0.05) is 73.7 Å². The van der Waals surface area contributed by atoms with Crippen molar-refractivity contribution in [3.8, 4) is 22.5 Å². The van der Waals surface area contributed by atoms with Gasteiger partial charge in [0.25, 0.3) is 0 Å². The summed E-state index contributed by atoms with van der Waals surface area (Å²) in [5, 5.41) is 24.9. The van der Waals surface area contributed by atoms with Gasteiger partial charge in [-0.2, -0.15) is 5.21 Å². The summed E-state index contributed by atoms with van der Waals surface area (Å²) in [5.41, 5.74) is 6.06. The molecule has 1 saturated heterocycles. The Morgan fingerprint density at radius 1 is 0.953 bits per heavy atom. The van der Waals surface area contributed by atoms with Crippen LogP contribution in [0.15, 0.2) is 78.9 Å². The number of carboxylic acids is 1. The molecule has 6 rings (SSSR count). The lowest BCUT2D eigenvalue weighted by molar-refractivity contribution is 0.0681. The van der Waals surface area contributed by atoms with Crippen molar-refractivity contribution in [1.29, 1.82) is 0 Å². The molecule has 0 unspecified atom stereocenters. The van der Waals surface area contributed by atoms with Crippen LogP contribution in [0.1, 0.15) is 47.8 Å². The second-order valence-corrected chi connectivity index (χ2v) is 11.0. The highest BCUT2D eigenvalue weighted by Gasteiger charge is 2.29. The minimum atomic E-state index is -0.939. The molecule has 2 N–H and O–H groups in total. The molecule has 0 spiro atoms. The van der Waals surface area contributed by atoms with E-state index < -0.39 is 5.97 Å². The first-order valence-corrected chi connectivity index (χ1v) is 14.8. The molecule has 3 aromatic carbocycles. The fraction of sp³-hybridized carbons (Fsp3) is 0.303. The number of benzene rings is 3. The quantitative estimate of drug-likeness (QED) is 0.235. The lowest BCUT2D eigenvalue weighted by Gasteiger charge is -2.40. The maximum absolute atomic E-state index is 12.7. The number of para-hydroxylation sites is 1. The van der Waals surface area contributed by atoms with Gasteiger partial charge in [0.1, 0.15) is 5.82 Å². The number of nitrogens with one attached hydrogen (secondary N) is 1. The number of rotatable bonds is 10. The number of aromatic amines is 1. The van der Waals surface area contributed by atoms with Crippen molar-refractivity contribution in [2.75, 3.05) is 24.5 Å². The fourth-order valence-electron chi connectivity index (χ4n) is 5.96. The van der Waals surface area contributed by atoms with Crippen LogP contribution in [-0.4, -0.2) is 71.8 Å². The Hall–Kier alpha value is -4.83. The van der Waals surface area contributed by atoms with Gasteiger partial charge < -0.3 is 14.6 Å². The van der Waals surface area contributed by atoms with Crippen molar-refractivity contribution < 1.29 is 9.90 Å². The Morgan fingerprint density at radius 2 is 1.70 bits per heavy atom. The highest BCUT2D eigenvalue weighted by atomic mass is 16.4. The first-order chi connectivity index (χ1) is 21.0. The molecule has 1 fully saturated rings. The number of carboxylic acid groups (broad SMARTS) is 1. The largest absolute Gasteiger partial charge is 0.477 e. The van der Waals surface area contributed by atoms with Gasteiger partial charge in [0.15, 0.2) is 5.69 Å². The van der Waals surface area contributed by atoms with E-state index in [1.54, 1.807) is 0 Å². The normalized spacial score (nSPS) is 15.6. The van der Waals surface area contributed by atoms with E-state index in [0.717, 1.165) is 54.1 Å². The van der Waals surface area contributed by atoms with E-state index in [9.17, 15) is 9.90 Å². The lowest BCUT2D eigenvalue weighted by Crippen LogP contribution is -2.51. The zero-order valence-corrected chi connectivity index (χ0v) is 24.5. The van der Waals surface area contributed by atoms with Gasteiger partial charge in [0, 0.05) is 56.4 Å². The first-order valence-electron chi connectivity index (χ1n) is 14.8. The van der Waals surface area contributed by atoms with E-state index in [-0.39, 0.29) is 11.7 Å². The molecule has 1 aliphatic rings. The van der Waals surface area contributed by atoms with Gasteiger partial charge >= 0.3 is 5.97 Å². The smallest absolute Gasteiger partial charge is 0.354 e. The molecule has 10 heteroatoms. The number of aromatic nitrogens is 6. The molecule has 10 nitrogen and oxygen atoms in total. The van der Waals surface area contributed by atoms with Gasteiger partial charge in [-0.25, -0.2) is 9.78 Å². The number of hydrogen-bond acceptors (Lipinski definition) is 7. The number of anilines is 1. The molecule has 1 atom stereocenters. The second-order valence-electron chi connectivity index (χ2n) is 11.0. The first kappa shape index (κ1) is 28.3. The van der Waals surface area contributed by atoms with Crippen LogP contribution in [0.5, 0.6) is 0 Å². The third kappa shape index (κ3) is 6.05. The number of aromatic carboxylic acids is 1. The molecule has 0 bridgehead atoms. The lowest BCUT2D eigenvalue weighted by atomic mass is 9.98. The summed E-state index contributed by atoms with van der Waals surface area (Å²) in [6.45, 7) is 7.88. The molecule has 2 aromatic heterocycles. The highest BCUT2D eigenvalue weighted by molar-refractivity contribution is 5.87. The number of hydrogen-bond donors (Lipinski definition) is 2. The van der Waals surface area contributed by atoms with Crippen molar-refractivity contribution >= 4 is 11.7 Å². The minimum Gasteiger partial charge on any atom is -0.477 e. The molecule has 5 aromatic rings. The van der Waals surface area contributed by atoms with Gasteiger partial charge in [0.2, 0.25) is 5.82 Å². The molecular formula is C33H36N8O2. The molecule has 0 aliphatic carbocycles. The van der Waals surface area contributed by atoms with Gasteiger partial charge in [-0.05, 0) is 47.4 Å². The molecule has 43 heavy (non-hydrogen) atoms. The monoisotopic (exact) mass is 576 g/mol. The zero-order valence-electron chi connectivity index (χ0n) is 24.5. The number of imidazole rings is 1. The van der Waals surface area contributed by atoms with E-state index in [0.29, 0.717) is 31.0 Å². The number of aryl methyl sites for hydroxylation is 1. The molecule has 220 valence electrons. The van der Waals surface area contributed by atoms with Gasteiger partial charge in [0.05, 0.1) is 5.69 Å². The number of tetrazole rings is 1. The van der Waals surface area contributed by atoms with E-state index in [1.807, 2.05) is 47.0 Å². The maximum Gasteiger partial charge on any atom is 0.354 e. The topological polar surface area (TPSA) is 116 Å². The second kappa shape index (κ2) is 12.6. The van der Waals surface area contributed by atoms with Crippen molar-refractivity contribution in [2.24, 2.45) is 0 Å². The summed E-state index contributed by atoms with van der Waals surface area (Å²) >= 11 is 0. The number of H-pyrrole nitrogens is 1. The van der Waals surface area contributed by atoms with Crippen molar-refractivity contribution in [3.05, 3.63) is 102 Å². The van der Waals surface area contributed by atoms with Gasteiger partial charge in [-0.3, -0.25) is 4.90 Å². The molecule has 0 radical (unpaired) electrons. The summed E-state index contributed by atoms with van der Waals surface area (Å²) in [6.07, 6.45) is 1.60. The Labute approximate surface area is 251 Å². The Bertz CT molecular complexity index is 1670. The number of nitrogens with zero attached hydrogens (tertiary/aromatic N) is 7. The summed E-state index contributed by atoms with van der Waals surface area (Å²) in [6, 6.07) is 26.9. The molecule has 1 aliphatic heterocycles. The highest BCUT2D eigenvalue weighted by Crippen LogP contribution is 2.30. The predicted molar refractivity (Wildman–Crippen MR) is 166 cm³/mol. The van der Waals surface area contributed by atoms with Crippen LogP contribution < -0.4 is 4.90 Å². The van der Waals surface area contributed by atoms with E-state index in [1.165, 1.54) is 5.69 Å². The predicted octanol–water partition coefficient (Wildman–Crippen LogP) is 5.14. The Morgan fingerprint density at radius 3 is 2.37 bits per heavy atom. The van der Waals surface area contributed by atoms with Crippen LogP contribution in [0, 0.1) is 0 Å². The maximum atomic E-state index is 12.7. The third-order valence-electron chi connectivity index (χ3n) is 8.15. The zero-order chi connectivity index (χ0) is 29.8. The SMILES string of the molecule is CCCc1nc(CN2CCN(c3ccccc3)C[C@H]2C)c(C(=O)O)n1Cc1ccc(-c2ccccc2-c2nn[nH]n2)cc1. The standard InChI is InChI=1S/C33H36N8O2/c1-3-9-30-34-29(22-39-18-19-40(20-23(39)2)26-10-5-4-6-11-26)31(33(42)43)41(30)21-24-14-16-25(17-15-24)27-12-7-8-13-28(27)32-35-37-38-36-32/h4-8,10-17,23H,3,9,18-22H2,1-2H3,(H,42,43)(H,35,36,37,38)/t23-/m1/s1. The molecular weight excluding hydrogens is 540 g/mol. The average Bonchev–Trinajstić information content (AvgIpc) is 3.68. The molecule has 0 saturated carbocycles. The van der Waals surface area contributed by atoms with Gasteiger partial charge in [-0.15, -0.1) is 10.2 Å². The Kier molecular flexibility index (Phi) is 8.28. The van der Waals surface area contributed by atoms with E-state index in [2.05, 4.69) is 80.7 Å². The molecule has 3 heterocycles. The minimum absolute atomic E-state index is 0.262. The fourth-order valence-corrected chi connectivity index (χ4v) is 5.96. The summed E-state index contributed by atoms with van der Waals surface area (Å²) in [5.74, 6) is 0.416. The van der Waals surface area contributed by atoms with Crippen LogP contribution in [0.3, 0.4) is 0 Å². The van der Waals surface area contributed by atoms with Crippen molar-refractivity contribution in [2.45, 2.75) is 45.8 Å². The van der Waals surface area contributed by atoms with Crippen LogP contribution in [-0.2, 0) is 19.5 Å². The summed E-state index contributed by atoms with van der Waals surface area (Å²) < 4.78 is 1.90. The summed E-state index contributed by atoms with van der Waals surface area (Å²) in [7, 11) is 0. The van der Waals surface area contributed by atoms with Crippen LogP contribution >= 0.6 is 0 Å². The average molecular weight is 577 g/mol. The van der Waals surface area contributed by atoms with Crippen LogP contribution in [0.25, 0.3) is 22.5 Å². The van der Waals surface area contributed by atoms with E-state index >= 15 is 0 Å².